The second-order valence-electron chi connectivity index (χ2n) is 5.18. The van der Waals surface area contributed by atoms with Crippen molar-refractivity contribution < 1.29 is 9.32 Å². The molecule has 0 aliphatic carbocycles. The molecule has 1 aliphatic heterocycles. The van der Waals surface area contributed by atoms with Crippen LogP contribution in [0.2, 0.25) is 0 Å². The number of carbonyl (C=O) groups excluding carboxylic acids is 1. The van der Waals surface area contributed by atoms with Gasteiger partial charge in [0.1, 0.15) is 5.69 Å². The van der Waals surface area contributed by atoms with Crippen molar-refractivity contribution in [3.05, 3.63) is 40.0 Å². The summed E-state index contributed by atoms with van der Waals surface area (Å²) >= 11 is 3.40. The van der Waals surface area contributed by atoms with E-state index in [0.717, 1.165) is 35.3 Å². The highest BCUT2D eigenvalue weighted by Gasteiger charge is 2.34. The van der Waals surface area contributed by atoms with E-state index in [9.17, 15) is 4.79 Å². The van der Waals surface area contributed by atoms with Crippen LogP contribution in [0.1, 0.15) is 40.8 Å². The van der Waals surface area contributed by atoms with Crippen LogP contribution in [0.3, 0.4) is 0 Å². The summed E-state index contributed by atoms with van der Waals surface area (Å²) in [5.74, 6) is 0.816. The summed E-state index contributed by atoms with van der Waals surface area (Å²) in [6.07, 6.45) is 3.80. The van der Waals surface area contributed by atoms with Crippen molar-refractivity contribution in [3.63, 3.8) is 0 Å². The third kappa shape index (κ3) is 2.28. The van der Waals surface area contributed by atoms with E-state index in [1.54, 1.807) is 0 Å². The number of likely N-dealkylation sites (tertiary alicyclic amines) is 1. The lowest BCUT2D eigenvalue weighted by atomic mass is 10.1. The first kappa shape index (κ1) is 13.4. The minimum atomic E-state index is -0.00243. The van der Waals surface area contributed by atoms with Crippen LogP contribution < -0.4 is 0 Å². The Morgan fingerprint density at radius 1 is 1.50 bits per heavy atom. The fraction of sp³-hybridized carbons (Fsp3) is 0.429. The zero-order valence-corrected chi connectivity index (χ0v) is 13.1. The number of aromatic nitrogens is 2. The molecule has 0 radical (unpaired) electrons. The highest BCUT2D eigenvalue weighted by molar-refractivity contribution is 9.10. The lowest BCUT2D eigenvalue weighted by Gasteiger charge is -2.22. The molecule has 1 amide bonds. The lowest BCUT2D eigenvalue weighted by molar-refractivity contribution is 0.0705. The van der Waals surface area contributed by atoms with Gasteiger partial charge in [0.2, 0.25) is 0 Å². The molecule has 0 saturated carbocycles. The molecule has 0 N–H and O–H groups in total. The molecular formula is C14H16BrN3O2. The Morgan fingerprint density at radius 3 is 2.90 bits per heavy atom. The van der Waals surface area contributed by atoms with Gasteiger partial charge in [0, 0.05) is 30.3 Å². The van der Waals surface area contributed by atoms with Crippen molar-refractivity contribution in [2.45, 2.75) is 25.8 Å². The van der Waals surface area contributed by atoms with Gasteiger partial charge in [0.05, 0.1) is 11.7 Å². The van der Waals surface area contributed by atoms with Gasteiger partial charge in [0.15, 0.2) is 5.76 Å². The Bertz CT molecular complexity index is 647. The second kappa shape index (κ2) is 5.09. The van der Waals surface area contributed by atoms with Crippen LogP contribution in [0.15, 0.2) is 27.3 Å². The number of carbonyl (C=O) groups is 1. The fourth-order valence-corrected chi connectivity index (χ4v) is 3.25. The molecule has 1 aliphatic rings. The molecule has 106 valence electrons. The predicted octanol–water partition coefficient (Wildman–Crippen LogP) is 3.06. The van der Waals surface area contributed by atoms with Gasteiger partial charge in [-0.15, -0.1) is 0 Å². The summed E-state index contributed by atoms with van der Waals surface area (Å²) in [5.41, 5.74) is 1.53. The molecule has 0 bridgehead atoms. The number of halogens is 1. The van der Waals surface area contributed by atoms with Crippen molar-refractivity contribution in [1.82, 2.24) is 14.6 Å². The van der Waals surface area contributed by atoms with Gasteiger partial charge in [-0.05, 0) is 41.8 Å². The molecule has 0 spiro atoms. The van der Waals surface area contributed by atoms with Crippen molar-refractivity contribution in [1.29, 1.82) is 0 Å². The second-order valence-corrected chi connectivity index (χ2v) is 6.10. The third-order valence-electron chi connectivity index (χ3n) is 3.68. The first-order valence-corrected chi connectivity index (χ1v) is 7.41. The number of aryl methyl sites for hydroxylation is 2. The Labute approximate surface area is 125 Å². The molecule has 1 atom stereocenters. The van der Waals surface area contributed by atoms with Crippen molar-refractivity contribution in [2.75, 3.05) is 6.54 Å². The summed E-state index contributed by atoms with van der Waals surface area (Å²) in [6, 6.07) is 3.76. The van der Waals surface area contributed by atoms with Gasteiger partial charge in [-0.25, -0.2) is 0 Å². The Kier molecular flexibility index (Phi) is 3.41. The SMILES string of the molecule is Cc1cc(C2CCCN2C(=O)c2cc(Br)cn2C)on1. The lowest BCUT2D eigenvalue weighted by Crippen LogP contribution is -2.31. The van der Waals surface area contributed by atoms with Crippen molar-refractivity contribution in [2.24, 2.45) is 7.05 Å². The van der Waals surface area contributed by atoms with E-state index in [1.807, 2.05) is 41.8 Å². The smallest absolute Gasteiger partial charge is 0.271 e. The van der Waals surface area contributed by atoms with Crippen LogP contribution in [0.4, 0.5) is 0 Å². The van der Waals surface area contributed by atoms with Gasteiger partial charge in [0.25, 0.3) is 5.91 Å². The summed E-state index contributed by atoms with van der Waals surface area (Å²) in [6.45, 7) is 2.65. The largest absolute Gasteiger partial charge is 0.359 e. The summed E-state index contributed by atoms with van der Waals surface area (Å²) in [7, 11) is 1.88. The Morgan fingerprint density at radius 2 is 2.30 bits per heavy atom. The summed E-state index contributed by atoms with van der Waals surface area (Å²) < 4.78 is 8.09. The Balaban J connectivity index is 1.89. The number of hydrogen-bond donors (Lipinski definition) is 0. The highest BCUT2D eigenvalue weighted by Crippen LogP contribution is 2.33. The first-order chi connectivity index (χ1) is 9.56. The van der Waals surface area contributed by atoms with E-state index in [0.29, 0.717) is 5.69 Å². The molecule has 1 unspecified atom stereocenters. The minimum absolute atomic E-state index is 0.00243. The van der Waals surface area contributed by atoms with Gasteiger partial charge in [-0.2, -0.15) is 0 Å². The van der Waals surface area contributed by atoms with Gasteiger partial charge < -0.3 is 14.0 Å². The average molecular weight is 338 g/mol. The number of rotatable bonds is 2. The van der Waals surface area contributed by atoms with Crippen molar-refractivity contribution in [3.8, 4) is 0 Å². The zero-order valence-electron chi connectivity index (χ0n) is 11.5. The topological polar surface area (TPSA) is 51.3 Å². The van der Waals surface area contributed by atoms with Gasteiger partial charge >= 0.3 is 0 Å². The molecule has 2 aromatic rings. The highest BCUT2D eigenvalue weighted by atomic mass is 79.9. The molecule has 1 saturated heterocycles. The molecule has 6 heteroatoms. The summed E-state index contributed by atoms with van der Waals surface area (Å²) in [5, 5.41) is 3.92. The van der Waals surface area contributed by atoms with Crippen LogP contribution in [-0.4, -0.2) is 27.1 Å². The molecular weight excluding hydrogens is 322 g/mol. The first-order valence-electron chi connectivity index (χ1n) is 6.62. The number of hydrogen-bond acceptors (Lipinski definition) is 3. The van der Waals surface area contributed by atoms with Crippen LogP contribution in [-0.2, 0) is 7.05 Å². The monoisotopic (exact) mass is 337 g/mol. The van der Waals surface area contributed by atoms with E-state index < -0.39 is 0 Å². The van der Waals surface area contributed by atoms with Crippen LogP contribution >= 0.6 is 15.9 Å². The third-order valence-corrected chi connectivity index (χ3v) is 4.11. The summed E-state index contributed by atoms with van der Waals surface area (Å²) in [4.78, 5) is 14.6. The number of amides is 1. The van der Waals surface area contributed by atoms with Crippen LogP contribution in [0.5, 0.6) is 0 Å². The minimum Gasteiger partial charge on any atom is -0.359 e. The van der Waals surface area contributed by atoms with Crippen molar-refractivity contribution >= 4 is 21.8 Å². The Hall–Kier alpha value is -1.56. The molecule has 1 fully saturated rings. The van der Waals surface area contributed by atoms with Gasteiger partial charge in [-0.3, -0.25) is 4.79 Å². The maximum absolute atomic E-state index is 12.7. The van der Waals surface area contributed by atoms with Crippen LogP contribution in [0, 0.1) is 6.92 Å². The molecule has 5 nitrogen and oxygen atoms in total. The standard InChI is InChI=1S/C14H16BrN3O2/c1-9-6-13(20-16-9)11-4-3-5-18(11)14(19)12-7-10(15)8-17(12)2/h6-8,11H,3-5H2,1-2H3. The fourth-order valence-electron chi connectivity index (χ4n) is 2.73. The van der Waals surface area contributed by atoms with E-state index in [1.165, 1.54) is 0 Å². The molecule has 3 rings (SSSR count). The van der Waals surface area contributed by atoms with E-state index in [-0.39, 0.29) is 11.9 Å². The zero-order chi connectivity index (χ0) is 14.3. The molecule has 20 heavy (non-hydrogen) atoms. The normalized spacial score (nSPS) is 18.8. The van der Waals surface area contributed by atoms with E-state index >= 15 is 0 Å². The molecule has 0 aromatic carbocycles. The average Bonchev–Trinajstić information content (AvgIpc) is 3.08. The number of nitrogens with zero attached hydrogens (tertiary/aromatic N) is 3. The van der Waals surface area contributed by atoms with E-state index in [2.05, 4.69) is 21.1 Å². The maximum Gasteiger partial charge on any atom is 0.271 e. The maximum atomic E-state index is 12.7. The molecule has 3 heterocycles. The predicted molar refractivity (Wildman–Crippen MR) is 77.4 cm³/mol. The molecule has 2 aromatic heterocycles. The quantitative estimate of drug-likeness (QED) is 0.846. The van der Waals surface area contributed by atoms with Gasteiger partial charge in [-0.1, -0.05) is 5.16 Å². The van der Waals surface area contributed by atoms with E-state index in [4.69, 9.17) is 4.52 Å². The van der Waals surface area contributed by atoms with Crippen LogP contribution in [0.25, 0.3) is 0 Å².